The molecule has 1 saturated carbocycles. The van der Waals surface area contributed by atoms with E-state index in [0.717, 1.165) is 11.8 Å². The van der Waals surface area contributed by atoms with Gasteiger partial charge in [-0.1, -0.05) is 38.7 Å². The number of hydrogen-bond acceptors (Lipinski definition) is 1. The molecule has 0 aliphatic heterocycles. The molecule has 0 bridgehead atoms. The maximum absolute atomic E-state index is 2.35. The van der Waals surface area contributed by atoms with Gasteiger partial charge in [0.25, 0.3) is 0 Å². The van der Waals surface area contributed by atoms with Crippen molar-refractivity contribution in [2.45, 2.75) is 51.9 Å². The molecule has 0 spiro atoms. The first-order chi connectivity index (χ1) is 7.38. The first kappa shape index (κ1) is 11.2. The van der Waals surface area contributed by atoms with Crippen LogP contribution in [0.2, 0.25) is 0 Å². The van der Waals surface area contributed by atoms with Crippen molar-refractivity contribution < 1.29 is 0 Å². The van der Waals surface area contributed by atoms with Crippen LogP contribution in [0.1, 0.15) is 50.3 Å². The van der Waals surface area contributed by atoms with Gasteiger partial charge < -0.3 is 0 Å². The standard InChI is InChI=1S/C14H22S/c1-2-12-8-9-13(11-12)5-3-6-14-7-4-10-15-14/h4,7,10,12-13H,2-3,5-6,8-9,11H2,1H3. The average molecular weight is 222 g/mol. The Morgan fingerprint density at radius 2 is 2.20 bits per heavy atom. The minimum atomic E-state index is 1.05. The Hall–Kier alpha value is -0.300. The first-order valence-electron chi connectivity index (χ1n) is 6.41. The summed E-state index contributed by atoms with van der Waals surface area (Å²) in [6, 6.07) is 4.44. The maximum atomic E-state index is 2.35. The molecule has 1 aliphatic rings. The van der Waals surface area contributed by atoms with Crippen LogP contribution in [-0.4, -0.2) is 0 Å². The summed E-state index contributed by atoms with van der Waals surface area (Å²) in [4.78, 5) is 1.57. The summed E-state index contributed by atoms with van der Waals surface area (Å²) in [6.07, 6.45) is 10.1. The molecule has 0 nitrogen and oxygen atoms in total. The molecule has 1 heterocycles. The second kappa shape index (κ2) is 5.69. The topological polar surface area (TPSA) is 0 Å². The molecule has 1 heteroatoms. The fourth-order valence-electron chi connectivity index (χ4n) is 2.83. The van der Waals surface area contributed by atoms with E-state index < -0.39 is 0 Å². The Bertz CT molecular complexity index is 263. The van der Waals surface area contributed by atoms with Crippen molar-refractivity contribution >= 4 is 11.3 Å². The summed E-state index contributed by atoms with van der Waals surface area (Å²) >= 11 is 1.91. The van der Waals surface area contributed by atoms with Crippen LogP contribution in [0.25, 0.3) is 0 Å². The van der Waals surface area contributed by atoms with Crippen LogP contribution in [-0.2, 0) is 6.42 Å². The number of thiophene rings is 1. The van der Waals surface area contributed by atoms with Crippen molar-refractivity contribution in [3.8, 4) is 0 Å². The maximum Gasteiger partial charge on any atom is 0.00452 e. The summed E-state index contributed by atoms with van der Waals surface area (Å²) in [6.45, 7) is 2.35. The second-order valence-corrected chi connectivity index (χ2v) is 5.96. The molecular weight excluding hydrogens is 200 g/mol. The van der Waals surface area contributed by atoms with Crippen LogP contribution in [0.15, 0.2) is 17.5 Å². The Labute approximate surface area is 97.7 Å². The fraction of sp³-hybridized carbons (Fsp3) is 0.714. The lowest BCUT2D eigenvalue weighted by atomic mass is 9.98. The van der Waals surface area contributed by atoms with Gasteiger partial charge in [0.1, 0.15) is 0 Å². The van der Waals surface area contributed by atoms with Gasteiger partial charge in [-0.3, -0.25) is 0 Å². The molecule has 1 fully saturated rings. The van der Waals surface area contributed by atoms with Crippen LogP contribution in [0.5, 0.6) is 0 Å². The molecule has 15 heavy (non-hydrogen) atoms. The number of rotatable bonds is 5. The molecule has 2 rings (SSSR count). The molecule has 0 radical (unpaired) electrons. The van der Waals surface area contributed by atoms with Crippen LogP contribution in [0, 0.1) is 11.8 Å². The van der Waals surface area contributed by atoms with E-state index in [1.165, 1.54) is 44.9 Å². The van der Waals surface area contributed by atoms with Crippen LogP contribution in [0.3, 0.4) is 0 Å². The zero-order chi connectivity index (χ0) is 10.5. The monoisotopic (exact) mass is 222 g/mol. The zero-order valence-corrected chi connectivity index (χ0v) is 10.6. The SMILES string of the molecule is CCC1CCC(CCCc2cccs2)C1. The number of hydrogen-bond donors (Lipinski definition) is 0. The molecular formula is C14H22S. The lowest BCUT2D eigenvalue weighted by Crippen LogP contribution is -1.96. The highest BCUT2D eigenvalue weighted by atomic mass is 32.1. The predicted octanol–water partition coefficient (Wildman–Crippen LogP) is 4.90. The third kappa shape index (κ3) is 3.34. The van der Waals surface area contributed by atoms with E-state index in [0.29, 0.717) is 0 Å². The van der Waals surface area contributed by atoms with E-state index >= 15 is 0 Å². The highest BCUT2D eigenvalue weighted by Crippen LogP contribution is 2.35. The third-order valence-electron chi connectivity index (χ3n) is 3.84. The van der Waals surface area contributed by atoms with Crippen molar-refractivity contribution in [1.82, 2.24) is 0 Å². The molecule has 0 saturated heterocycles. The van der Waals surface area contributed by atoms with Crippen molar-refractivity contribution in [3.63, 3.8) is 0 Å². The van der Waals surface area contributed by atoms with Crippen LogP contribution < -0.4 is 0 Å². The minimum Gasteiger partial charge on any atom is -0.149 e. The first-order valence-corrected chi connectivity index (χ1v) is 7.28. The normalized spacial score (nSPS) is 25.9. The van der Waals surface area contributed by atoms with Gasteiger partial charge >= 0.3 is 0 Å². The second-order valence-electron chi connectivity index (χ2n) is 4.92. The molecule has 0 amide bonds. The van der Waals surface area contributed by atoms with E-state index in [4.69, 9.17) is 0 Å². The van der Waals surface area contributed by atoms with Gasteiger partial charge in [0.05, 0.1) is 0 Å². The summed E-state index contributed by atoms with van der Waals surface area (Å²) in [5, 5.41) is 2.19. The van der Waals surface area contributed by atoms with E-state index in [-0.39, 0.29) is 0 Å². The average Bonchev–Trinajstić information content (AvgIpc) is 2.88. The highest BCUT2D eigenvalue weighted by molar-refractivity contribution is 7.09. The van der Waals surface area contributed by atoms with Crippen molar-refractivity contribution in [2.24, 2.45) is 11.8 Å². The highest BCUT2D eigenvalue weighted by Gasteiger charge is 2.22. The Morgan fingerprint density at radius 3 is 2.87 bits per heavy atom. The Morgan fingerprint density at radius 1 is 1.33 bits per heavy atom. The molecule has 0 N–H and O–H groups in total. The lowest BCUT2D eigenvalue weighted by Gasteiger charge is -2.09. The minimum absolute atomic E-state index is 1.05. The van der Waals surface area contributed by atoms with Crippen molar-refractivity contribution in [2.75, 3.05) is 0 Å². The van der Waals surface area contributed by atoms with Gasteiger partial charge in [0.2, 0.25) is 0 Å². The predicted molar refractivity (Wildman–Crippen MR) is 68.4 cm³/mol. The molecule has 1 aliphatic carbocycles. The van der Waals surface area contributed by atoms with Crippen molar-refractivity contribution in [1.29, 1.82) is 0 Å². The molecule has 84 valence electrons. The molecule has 2 unspecified atom stereocenters. The van der Waals surface area contributed by atoms with Crippen LogP contribution >= 0.6 is 11.3 Å². The van der Waals surface area contributed by atoms with Crippen LogP contribution in [0.4, 0.5) is 0 Å². The van der Waals surface area contributed by atoms with Crippen molar-refractivity contribution in [3.05, 3.63) is 22.4 Å². The van der Waals surface area contributed by atoms with E-state index in [2.05, 4.69) is 24.4 Å². The van der Waals surface area contributed by atoms with E-state index in [1.54, 1.807) is 4.88 Å². The Kier molecular flexibility index (Phi) is 4.25. The van der Waals surface area contributed by atoms with Gasteiger partial charge in [-0.2, -0.15) is 0 Å². The zero-order valence-electron chi connectivity index (χ0n) is 9.74. The van der Waals surface area contributed by atoms with Gasteiger partial charge in [0.15, 0.2) is 0 Å². The largest absolute Gasteiger partial charge is 0.149 e. The fourth-order valence-corrected chi connectivity index (χ4v) is 3.58. The summed E-state index contributed by atoms with van der Waals surface area (Å²) in [5.74, 6) is 2.10. The summed E-state index contributed by atoms with van der Waals surface area (Å²) in [5.41, 5.74) is 0. The summed E-state index contributed by atoms with van der Waals surface area (Å²) in [7, 11) is 0. The third-order valence-corrected chi connectivity index (χ3v) is 4.78. The smallest absolute Gasteiger partial charge is 0.00452 e. The Balaban J connectivity index is 1.63. The number of aryl methyl sites for hydroxylation is 1. The molecule has 0 aromatic carbocycles. The van der Waals surface area contributed by atoms with Gasteiger partial charge in [-0.25, -0.2) is 0 Å². The lowest BCUT2D eigenvalue weighted by molar-refractivity contribution is 0.447. The van der Waals surface area contributed by atoms with Gasteiger partial charge in [-0.05, 0) is 42.5 Å². The van der Waals surface area contributed by atoms with Gasteiger partial charge in [-0.15, -0.1) is 11.3 Å². The van der Waals surface area contributed by atoms with E-state index in [9.17, 15) is 0 Å². The summed E-state index contributed by atoms with van der Waals surface area (Å²) < 4.78 is 0. The van der Waals surface area contributed by atoms with Gasteiger partial charge in [0, 0.05) is 4.88 Å². The molecule has 2 atom stereocenters. The quantitative estimate of drug-likeness (QED) is 0.665. The van der Waals surface area contributed by atoms with E-state index in [1.807, 2.05) is 11.3 Å². The molecule has 1 aromatic rings. The molecule has 1 aromatic heterocycles.